The topological polar surface area (TPSA) is 79.9 Å². The highest BCUT2D eigenvalue weighted by atomic mass is 16.3. The number of nitrogens with zero attached hydrogens (tertiary/aromatic N) is 3. The molecule has 0 aromatic carbocycles. The van der Waals surface area contributed by atoms with Crippen molar-refractivity contribution >= 4 is 0 Å². The Bertz CT molecular complexity index is 721. The molecular weight excluding hydrogens is 316 g/mol. The van der Waals surface area contributed by atoms with Gasteiger partial charge in [-0.3, -0.25) is 5.43 Å². The lowest BCUT2D eigenvalue weighted by molar-refractivity contribution is 0.313. The van der Waals surface area contributed by atoms with E-state index in [1.165, 1.54) is 0 Å². The summed E-state index contributed by atoms with van der Waals surface area (Å²) in [6, 6.07) is 4.77. The molecule has 2 aromatic rings. The van der Waals surface area contributed by atoms with Crippen LogP contribution in [0.25, 0.3) is 0 Å². The summed E-state index contributed by atoms with van der Waals surface area (Å²) in [4.78, 5) is 4.67. The fourth-order valence-corrected chi connectivity index (χ4v) is 3.71. The van der Waals surface area contributed by atoms with E-state index in [-0.39, 0.29) is 6.04 Å². The molecule has 3 N–H and O–H groups in total. The first-order valence-electron chi connectivity index (χ1n) is 9.32. The molecule has 25 heavy (non-hydrogen) atoms. The molecule has 2 aliphatic heterocycles. The van der Waals surface area contributed by atoms with Crippen LogP contribution in [0.1, 0.15) is 55.4 Å². The Kier molecular flexibility index (Phi) is 4.62. The van der Waals surface area contributed by atoms with Gasteiger partial charge in [-0.1, -0.05) is 13.8 Å². The second kappa shape index (κ2) is 6.90. The number of hydrogen-bond donors (Lipinski definition) is 3. The third-order valence-corrected chi connectivity index (χ3v) is 5.22. The summed E-state index contributed by atoms with van der Waals surface area (Å²) in [6.45, 7) is 9.09. The third kappa shape index (κ3) is 3.49. The van der Waals surface area contributed by atoms with Gasteiger partial charge in [0.1, 0.15) is 17.3 Å². The Morgan fingerprint density at radius 2 is 2.28 bits per heavy atom. The molecular formula is C18H28N6O. The van der Waals surface area contributed by atoms with Gasteiger partial charge >= 0.3 is 0 Å². The average Bonchev–Trinajstić information content (AvgIpc) is 3.30. The van der Waals surface area contributed by atoms with Crippen LogP contribution in [0, 0.1) is 12.8 Å². The predicted octanol–water partition coefficient (Wildman–Crippen LogP) is 1.67. The summed E-state index contributed by atoms with van der Waals surface area (Å²) in [5, 5.41) is 8.41. The van der Waals surface area contributed by atoms with Gasteiger partial charge in [-0.25, -0.2) is 15.1 Å². The monoisotopic (exact) mass is 344 g/mol. The van der Waals surface area contributed by atoms with Crippen LogP contribution in [0.3, 0.4) is 0 Å². The molecule has 0 bridgehead atoms. The highest BCUT2D eigenvalue weighted by molar-refractivity contribution is 5.12. The second-order valence-electron chi connectivity index (χ2n) is 7.58. The van der Waals surface area contributed by atoms with Gasteiger partial charge in [-0.05, 0) is 25.5 Å². The van der Waals surface area contributed by atoms with Crippen LogP contribution in [0.4, 0.5) is 0 Å². The van der Waals surface area contributed by atoms with Gasteiger partial charge in [0.25, 0.3) is 0 Å². The number of rotatable bonds is 5. The van der Waals surface area contributed by atoms with E-state index in [2.05, 4.69) is 50.8 Å². The van der Waals surface area contributed by atoms with Crippen molar-refractivity contribution in [2.75, 3.05) is 13.1 Å². The zero-order valence-corrected chi connectivity index (χ0v) is 15.2. The number of furan rings is 1. The molecule has 0 spiro atoms. The van der Waals surface area contributed by atoms with Crippen LogP contribution in [0.2, 0.25) is 0 Å². The molecule has 2 aromatic heterocycles. The molecule has 4 rings (SSSR count). The molecule has 0 saturated carbocycles. The molecule has 0 aliphatic carbocycles. The zero-order valence-electron chi connectivity index (χ0n) is 15.2. The summed E-state index contributed by atoms with van der Waals surface area (Å²) in [5.74, 6) is 4.93. The fraction of sp³-hybridized carbons (Fsp3) is 0.667. The third-order valence-electron chi connectivity index (χ3n) is 5.22. The van der Waals surface area contributed by atoms with Crippen LogP contribution < -0.4 is 16.2 Å². The lowest BCUT2D eigenvalue weighted by Crippen LogP contribution is -2.41. The van der Waals surface area contributed by atoms with E-state index in [1.807, 2.05) is 13.0 Å². The summed E-state index contributed by atoms with van der Waals surface area (Å²) >= 11 is 0. The zero-order chi connectivity index (χ0) is 17.4. The Morgan fingerprint density at radius 3 is 3.04 bits per heavy atom. The van der Waals surface area contributed by atoms with Gasteiger partial charge < -0.3 is 9.73 Å². The van der Waals surface area contributed by atoms with E-state index in [0.717, 1.165) is 55.6 Å². The van der Waals surface area contributed by atoms with Crippen molar-refractivity contribution < 1.29 is 4.42 Å². The molecule has 1 fully saturated rings. The van der Waals surface area contributed by atoms with Crippen LogP contribution in [0.15, 0.2) is 16.5 Å². The normalized spacial score (nSPS) is 26.3. The number of nitrogens with one attached hydrogen (secondary N) is 3. The van der Waals surface area contributed by atoms with Gasteiger partial charge in [0, 0.05) is 37.4 Å². The SMILES string of the molecule is Cc1ccc(C2NNCC2CNC2CCc3nc(C(C)C)nn3C2)o1. The number of hydrogen-bond acceptors (Lipinski definition) is 6. The maximum Gasteiger partial charge on any atom is 0.153 e. The minimum atomic E-state index is 0.222. The largest absolute Gasteiger partial charge is 0.465 e. The van der Waals surface area contributed by atoms with E-state index in [1.54, 1.807) is 0 Å². The van der Waals surface area contributed by atoms with Crippen LogP contribution in [-0.2, 0) is 13.0 Å². The van der Waals surface area contributed by atoms with Crippen molar-refractivity contribution in [3.63, 3.8) is 0 Å². The molecule has 136 valence electrons. The molecule has 7 nitrogen and oxygen atoms in total. The highest BCUT2D eigenvalue weighted by Gasteiger charge is 2.31. The molecule has 2 aliphatic rings. The maximum absolute atomic E-state index is 5.81. The van der Waals surface area contributed by atoms with Gasteiger partial charge in [0.05, 0.1) is 12.6 Å². The first-order chi connectivity index (χ1) is 12.1. The van der Waals surface area contributed by atoms with Crippen molar-refractivity contribution in [1.29, 1.82) is 0 Å². The predicted molar refractivity (Wildman–Crippen MR) is 95.0 cm³/mol. The van der Waals surface area contributed by atoms with Gasteiger partial charge in [-0.15, -0.1) is 0 Å². The smallest absolute Gasteiger partial charge is 0.153 e. The van der Waals surface area contributed by atoms with Crippen molar-refractivity contribution in [2.24, 2.45) is 5.92 Å². The first kappa shape index (κ1) is 16.8. The van der Waals surface area contributed by atoms with E-state index >= 15 is 0 Å². The Labute approximate surface area is 148 Å². The lowest BCUT2D eigenvalue weighted by Gasteiger charge is -2.26. The molecule has 0 radical (unpaired) electrons. The summed E-state index contributed by atoms with van der Waals surface area (Å²) in [7, 11) is 0. The maximum atomic E-state index is 5.81. The van der Waals surface area contributed by atoms with Crippen molar-refractivity contribution in [1.82, 2.24) is 30.9 Å². The summed E-state index contributed by atoms with van der Waals surface area (Å²) < 4.78 is 7.90. The quantitative estimate of drug-likeness (QED) is 0.766. The Hall–Kier alpha value is -1.70. The standard InChI is InChI=1S/C18H28N6O/c1-11(2)18-21-16-7-5-14(10-24(16)23-18)19-8-13-9-20-22-17(13)15-6-4-12(3)25-15/h4,6,11,13-14,17,19-20,22H,5,7-10H2,1-3H3. The Balaban J connectivity index is 1.35. The van der Waals surface area contributed by atoms with Crippen molar-refractivity contribution in [3.8, 4) is 0 Å². The fourth-order valence-electron chi connectivity index (χ4n) is 3.71. The number of hydrazine groups is 1. The molecule has 0 amide bonds. The molecule has 1 saturated heterocycles. The summed E-state index contributed by atoms with van der Waals surface area (Å²) in [5.41, 5.74) is 6.62. The van der Waals surface area contributed by atoms with Gasteiger partial charge in [0.2, 0.25) is 0 Å². The van der Waals surface area contributed by atoms with Crippen molar-refractivity contribution in [2.45, 2.75) is 58.2 Å². The Morgan fingerprint density at radius 1 is 1.40 bits per heavy atom. The molecule has 4 heterocycles. The molecule has 3 unspecified atom stereocenters. The van der Waals surface area contributed by atoms with E-state index < -0.39 is 0 Å². The minimum absolute atomic E-state index is 0.222. The second-order valence-corrected chi connectivity index (χ2v) is 7.58. The van der Waals surface area contributed by atoms with E-state index in [0.29, 0.717) is 17.9 Å². The van der Waals surface area contributed by atoms with Crippen LogP contribution in [-0.4, -0.2) is 33.9 Å². The van der Waals surface area contributed by atoms with Crippen LogP contribution in [0.5, 0.6) is 0 Å². The number of aromatic nitrogens is 3. The molecule has 7 heteroatoms. The van der Waals surface area contributed by atoms with Gasteiger partial charge in [0.15, 0.2) is 5.82 Å². The van der Waals surface area contributed by atoms with Crippen molar-refractivity contribution in [3.05, 3.63) is 35.3 Å². The molecule has 3 atom stereocenters. The van der Waals surface area contributed by atoms with Crippen LogP contribution >= 0.6 is 0 Å². The lowest BCUT2D eigenvalue weighted by atomic mass is 9.98. The van der Waals surface area contributed by atoms with Gasteiger partial charge in [-0.2, -0.15) is 5.10 Å². The highest BCUT2D eigenvalue weighted by Crippen LogP contribution is 2.26. The summed E-state index contributed by atoms with van der Waals surface area (Å²) in [6.07, 6.45) is 2.12. The minimum Gasteiger partial charge on any atom is -0.465 e. The number of fused-ring (bicyclic) bond motifs is 1. The van der Waals surface area contributed by atoms with E-state index in [9.17, 15) is 0 Å². The number of aryl methyl sites for hydroxylation is 2. The first-order valence-corrected chi connectivity index (χ1v) is 9.32. The van der Waals surface area contributed by atoms with E-state index in [4.69, 9.17) is 4.42 Å². The average molecular weight is 344 g/mol.